The van der Waals surface area contributed by atoms with Crippen LogP contribution in [0.1, 0.15) is 17.4 Å². The molecule has 1 amide bonds. The van der Waals surface area contributed by atoms with E-state index in [9.17, 15) is 4.79 Å². The molecule has 1 N–H and O–H groups in total. The minimum absolute atomic E-state index is 0.128. The van der Waals surface area contributed by atoms with Crippen molar-refractivity contribution in [1.82, 2.24) is 10.2 Å². The molecule has 1 aromatic rings. The maximum atomic E-state index is 11.7. The van der Waals surface area contributed by atoms with Gasteiger partial charge in [0.05, 0.1) is 0 Å². The van der Waals surface area contributed by atoms with Gasteiger partial charge in [-0.25, -0.2) is 0 Å². The Morgan fingerprint density at radius 2 is 2.00 bits per heavy atom. The van der Waals surface area contributed by atoms with Gasteiger partial charge < -0.3 is 10.2 Å². The number of alkyl halides is 1. The van der Waals surface area contributed by atoms with E-state index in [0.29, 0.717) is 6.54 Å². The summed E-state index contributed by atoms with van der Waals surface area (Å²) in [6.07, 6.45) is 0.928. The first-order valence-electron chi connectivity index (χ1n) is 5.72. The summed E-state index contributed by atoms with van der Waals surface area (Å²) in [6, 6.07) is 9.38. The van der Waals surface area contributed by atoms with Crippen molar-refractivity contribution in [2.75, 3.05) is 27.2 Å². The van der Waals surface area contributed by atoms with Gasteiger partial charge in [-0.2, -0.15) is 0 Å². The first-order valence-corrected chi connectivity index (χ1v) is 6.16. The summed E-state index contributed by atoms with van der Waals surface area (Å²) in [5, 5.41) is 2.24. The van der Waals surface area contributed by atoms with Crippen molar-refractivity contribution >= 4 is 17.5 Å². The quantitative estimate of drug-likeness (QED) is 0.622. The van der Waals surface area contributed by atoms with E-state index in [2.05, 4.69) is 10.2 Å². The second-order valence-corrected chi connectivity index (χ2v) is 4.66. The topological polar surface area (TPSA) is 32.3 Å². The van der Waals surface area contributed by atoms with Gasteiger partial charge in [0.25, 0.3) is 0 Å². The highest BCUT2D eigenvalue weighted by atomic mass is 35.5. The monoisotopic (exact) mass is 254 g/mol. The Balaban J connectivity index is 2.33. The smallest absolute Gasteiger partial charge is 0.242 e. The largest absolute Gasteiger partial charge is 0.354 e. The van der Waals surface area contributed by atoms with Crippen molar-refractivity contribution in [3.05, 3.63) is 35.9 Å². The van der Waals surface area contributed by atoms with Crippen LogP contribution in [0.25, 0.3) is 0 Å². The van der Waals surface area contributed by atoms with Crippen LogP contribution in [0.5, 0.6) is 0 Å². The predicted octanol–water partition coefficient (Wildman–Crippen LogP) is 2.03. The first-order chi connectivity index (χ1) is 8.11. The third-order valence-electron chi connectivity index (χ3n) is 2.40. The second kappa shape index (κ2) is 7.30. The van der Waals surface area contributed by atoms with E-state index < -0.39 is 5.38 Å². The van der Waals surface area contributed by atoms with Gasteiger partial charge in [-0.1, -0.05) is 30.3 Å². The fourth-order valence-electron chi connectivity index (χ4n) is 1.47. The van der Waals surface area contributed by atoms with E-state index in [1.165, 1.54) is 0 Å². The van der Waals surface area contributed by atoms with Gasteiger partial charge in [0.2, 0.25) is 5.91 Å². The molecule has 3 nitrogen and oxygen atoms in total. The number of benzene rings is 1. The van der Waals surface area contributed by atoms with Gasteiger partial charge in [-0.15, -0.1) is 11.6 Å². The summed E-state index contributed by atoms with van der Waals surface area (Å²) in [5.74, 6) is -0.128. The number of nitrogens with one attached hydrogen (secondary N) is 1. The fraction of sp³-hybridized carbons (Fsp3) is 0.462. The van der Waals surface area contributed by atoms with Crippen molar-refractivity contribution in [2.45, 2.75) is 11.8 Å². The number of nitrogens with zero attached hydrogens (tertiary/aromatic N) is 1. The zero-order valence-corrected chi connectivity index (χ0v) is 11.1. The van der Waals surface area contributed by atoms with E-state index in [0.717, 1.165) is 18.5 Å². The lowest BCUT2D eigenvalue weighted by molar-refractivity contribution is -0.120. The number of carbonyl (C=O) groups excluding carboxylic acids is 1. The molecule has 1 rings (SSSR count). The van der Waals surface area contributed by atoms with Gasteiger partial charge in [0.15, 0.2) is 0 Å². The molecular formula is C13H19ClN2O. The van der Waals surface area contributed by atoms with Crippen LogP contribution >= 0.6 is 11.6 Å². The summed E-state index contributed by atoms with van der Waals surface area (Å²) < 4.78 is 0. The maximum absolute atomic E-state index is 11.7. The van der Waals surface area contributed by atoms with Crippen LogP contribution in [-0.2, 0) is 4.79 Å². The Hall–Kier alpha value is -1.06. The molecule has 0 fully saturated rings. The van der Waals surface area contributed by atoms with Gasteiger partial charge >= 0.3 is 0 Å². The van der Waals surface area contributed by atoms with Crippen LogP contribution in [0.15, 0.2) is 30.3 Å². The highest BCUT2D eigenvalue weighted by molar-refractivity contribution is 6.30. The summed E-state index contributed by atoms with van der Waals surface area (Å²) in [6.45, 7) is 1.62. The van der Waals surface area contributed by atoms with E-state index in [-0.39, 0.29) is 5.91 Å². The molecule has 0 aliphatic carbocycles. The van der Waals surface area contributed by atoms with Crippen LogP contribution in [0.2, 0.25) is 0 Å². The number of rotatable bonds is 6. The molecule has 0 heterocycles. The van der Waals surface area contributed by atoms with Crippen molar-refractivity contribution < 1.29 is 4.79 Å². The van der Waals surface area contributed by atoms with E-state index in [1.54, 1.807) is 0 Å². The Bertz CT molecular complexity index is 341. The standard InChI is InChI=1S/C13H19ClN2O/c1-16(2)10-6-9-15-13(17)12(14)11-7-4-3-5-8-11/h3-5,7-8,12H,6,9-10H2,1-2H3,(H,15,17). The number of halogens is 1. The molecule has 1 unspecified atom stereocenters. The normalized spacial score (nSPS) is 12.5. The molecule has 0 radical (unpaired) electrons. The van der Waals surface area contributed by atoms with Crippen molar-refractivity contribution in [3.63, 3.8) is 0 Å². The van der Waals surface area contributed by atoms with Crippen molar-refractivity contribution in [2.24, 2.45) is 0 Å². The van der Waals surface area contributed by atoms with Gasteiger partial charge in [0.1, 0.15) is 5.38 Å². The van der Waals surface area contributed by atoms with Gasteiger partial charge in [-0.3, -0.25) is 4.79 Å². The maximum Gasteiger partial charge on any atom is 0.242 e. The number of hydrogen-bond acceptors (Lipinski definition) is 2. The highest BCUT2D eigenvalue weighted by Gasteiger charge is 2.16. The van der Waals surface area contributed by atoms with E-state index >= 15 is 0 Å². The zero-order valence-electron chi connectivity index (χ0n) is 10.3. The molecule has 0 saturated carbocycles. The minimum atomic E-state index is -0.601. The highest BCUT2D eigenvalue weighted by Crippen LogP contribution is 2.19. The fourth-order valence-corrected chi connectivity index (χ4v) is 1.69. The SMILES string of the molecule is CN(C)CCCNC(=O)C(Cl)c1ccccc1. The van der Waals surface area contributed by atoms with Gasteiger partial charge in [0, 0.05) is 6.54 Å². The van der Waals surface area contributed by atoms with Crippen LogP contribution in [-0.4, -0.2) is 38.0 Å². The lowest BCUT2D eigenvalue weighted by atomic mass is 10.1. The van der Waals surface area contributed by atoms with Crippen molar-refractivity contribution in [1.29, 1.82) is 0 Å². The Morgan fingerprint density at radius 1 is 1.35 bits per heavy atom. The number of amides is 1. The number of carbonyl (C=O) groups is 1. The lowest BCUT2D eigenvalue weighted by Crippen LogP contribution is -2.29. The lowest BCUT2D eigenvalue weighted by Gasteiger charge is -2.12. The molecule has 0 saturated heterocycles. The average Bonchev–Trinajstić information content (AvgIpc) is 2.34. The number of hydrogen-bond donors (Lipinski definition) is 1. The summed E-state index contributed by atoms with van der Waals surface area (Å²) in [4.78, 5) is 13.8. The Labute approximate surface area is 108 Å². The zero-order chi connectivity index (χ0) is 12.7. The van der Waals surface area contributed by atoms with E-state index in [1.807, 2.05) is 44.4 Å². The molecule has 4 heteroatoms. The van der Waals surface area contributed by atoms with Crippen LogP contribution in [0, 0.1) is 0 Å². The molecular weight excluding hydrogens is 236 g/mol. The predicted molar refractivity (Wildman–Crippen MR) is 71.2 cm³/mol. The first kappa shape index (κ1) is 14.0. The molecule has 0 aliphatic rings. The molecule has 94 valence electrons. The summed E-state index contributed by atoms with van der Waals surface area (Å²) >= 11 is 6.08. The molecule has 0 bridgehead atoms. The third kappa shape index (κ3) is 5.20. The molecule has 1 aromatic carbocycles. The average molecular weight is 255 g/mol. The van der Waals surface area contributed by atoms with Crippen molar-refractivity contribution in [3.8, 4) is 0 Å². The van der Waals surface area contributed by atoms with Gasteiger partial charge in [-0.05, 0) is 32.6 Å². The molecule has 0 spiro atoms. The van der Waals surface area contributed by atoms with Crippen LogP contribution < -0.4 is 5.32 Å². The molecule has 0 aliphatic heterocycles. The summed E-state index contributed by atoms with van der Waals surface area (Å²) in [5.41, 5.74) is 0.833. The Kier molecular flexibility index (Phi) is 6.01. The molecule has 0 aromatic heterocycles. The third-order valence-corrected chi connectivity index (χ3v) is 2.85. The molecule has 17 heavy (non-hydrogen) atoms. The van der Waals surface area contributed by atoms with E-state index in [4.69, 9.17) is 11.6 Å². The minimum Gasteiger partial charge on any atom is -0.354 e. The second-order valence-electron chi connectivity index (χ2n) is 4.22. The molecule has 1 atom stereocenters. The van der Waals surface area contributed by atoms with Crippen LogP contribution in [0.3, 0.4) is 0 Å². The summed E-state index contributed by atoms with van der Waals surface area (Å²) in [7, 11) is 4.02. The Morgan fingerprint density at radius 3 is 2.59 bits per heavy atom. The van der Waals surface area contributed by atoms with Crippen LogP contribution in [0.4, 0.5) is 0 Å².